The standard InChI is InChI=1S/C15H17N5O/c1-11-15(12(2)21-19-11)7-17-14-5-3-13(4-6-14)8-20-10-16-9-18-20/h3-6,9-10,17H,7-8H2,1-2H3. The number of hydrogen-bond donors (Lipinski definition) is 1. The van der Waals surface area contributed by atoms with Crippen molar-refractivity contribution in [1.82, 2.24) is 19.9 Å². The molecule has 0 saturated heterocycles. The van der Waals surface area contributed by atoms with Crippen molar-refractivity contribution >= 4 is 5.69 Å². The van der Waals surface area contributed by atoms with Crippen molar-refractivity contribution < 1.29 is 4.52 Å². The van der Waals surface area contributed by atoms with E-state index in [0.717, 1.165) is 29.2 Å². The van der Waals surface area contributed by atoms with E-state index in [1.54, 1.807) is 17.3 Å². The fraction of sp³-hybridized carbons (Fsp3) is 0.267. The monoisotopic (exact) mass is 283 g/mol. The minimum atomic E-state index is 0.712. The highest BCUT2D eigenvalue weighted by atomic mass is 16.5. The molecule has 0 bridgehead atoms. The summed E-state index contributed by atoms with van der Waals surface area (Å²) in [4.78, 5) is 3.93. The van der Waals surface area contributed by atoms with Crippen molar-refractivity contribution in [3.63, 3.8) is 0 Å². The summed E-state index contributed by atoms with van der Waals surface area (Å²) in [5.74, 6) is 0.864. The number of nitrogens with one attached hydrogen (secondary N) is 1. The summed E-state index contributed by atoms with van der Waals surface area (Å²) in [5.41, 5.74) is 4.30. The highest BCUT2D eigenvalue weighted by molar-refractivity contribution is 5.45. The first-order valence-electron chi connectivity index (χ1n) is 6.79. The van der Waals surface area contributed by atoms with Gasteiger partial charge in [0.1, 0.15) is 18.4 Å². The number of anilines is 1. The molecule has 0 atom stereocenters. The zero-order valence-corrected chi connectivity index (χ0v) is 12.1. The average Bonchev–Trinajstić information content (AvgIpc) is 3.10. The highest BCUT2D eigenvalue weighted by Crippen LogP contribution is 2.16. The first kappa shape index (κ1) is 13.4. The van der Waals surface area contributed by atoms with Crippen LogP contribution in [0.1, 0.15) is 22.6 Å². The van der Waals surface area contributed by atoms with Gasteiger partial charge in [0.25, 0.3) is 0 Å². The lowest BCUT2D eigenvalue weighted by atomic mass is 10.2. The van der Waals surface area contributed by atoms with E-state index >= 15 is 0 Å². The zero-order valence-electron chi connectivity index (χ0n) is 12.1. The van der Waals surface area contributed by atoms with Gasteiger partial charge in [0, 0.05) is 17.8 Å². The Labute approximate surface area is 122 Å². The molecule has 0 aliphatic rings. The Bertz CT molecular complexity index is 681. The summed E-state index contributed by atoms with van der Waals surface area (Å²) in [6.45, 7) is 5.32. The van der Waals surface area contributed by atoms with E-state index in [9.17, 15) is 0 Å². The fourth-order valence-corrected chi connectivity index (χ4v) is 2.17. The van der Waals surface area contributed by atoms with Gasteiger partial charge in [-0.15, -0.1) is 0 Å². The van der Waals surface area contributed by atoms with Crippen molar-refractivity contribution in [2.24, 2.45) is 0 Å². The van der Waals surface area contributed by atoms with Crippen LogP contribution in [0.5, 0.6) is 0 Å². The van der Waals surface area contributed by atoms with E-state index in [-0.39, 0.29) is 0 Å². The van der Waals surface area contributed by atoms with Gasteiger partial charge in [0.2, 0.25) is 0 Å². The fourth-order valence-electron chi connectivity index (χ4n) is 2.17. The van der Waals surface area contributed by atoms with Crippen LogP contribution in [0.3, 0.4) is 0 Å². The van der Waals surface area contributed by atoms with E-state index in [1.807, 2.05) is 13.8 Å². The number of benzene rings is 1. The Balaban J connectivity index is 1.62. The highest BCUT2D eigenvalue weighted by Gasteiger charge is 2.08. The van der Waals surface area contributed by atoms with Crippen LogP contribution in [-0.4, -0.2) is 19.9 Å². The number of hydrogen-bond acceptors (Lipinski definition) is 5. The molecule has 0 fully saturated rings. The van der Waals surface area contributed by atoms with Crippen LogP contribution in [0.15, 0.2) is 41.4 Å². The predicted molar refractivity (Wildman–Crippen MR) is 78.9 cm³/mol. The van der Waals surface area contributed by atoms with E-state index in [4.69, 9.17) is 4.52 Å². The normalized spacial score (nSPS) is 10.8. The minimum Gasteiger partial charge on any atom is -0.381 e. The van der Waals surface area contributed by atoms with Crippen LogP contribution in [0.4, 0.5) is 5.69 Å². The molecule has 2 aromatic heterocycles. The SMILES string of the molecule is Cc1noc(C)c1CNc1ccc(Cn2cncn2)cc1. The predicted octanol–water partition coefficient (Wildman–Crippen LogP) is 2.54. The minimum absolute atomic E-state index is 0.712. The summed E-state index contributed by atoms with van der Waals surface area (Å²) >= 11 is 0. The van der Waals surface area contributed by atoms with Crippen LogP contribution in [0, 0.1) is 13.8 Å². The first-order chi connectivity index (χ1) is 10.2. The second-order valence-corrected chi connectivity index (χ2v) is 4.95. The summed E-state index contributed by atoms with van der Waals surface area (Å²) in [7, 11) is 0. The number of rotatable bonds is 5. The van der Waals surface area contributed by atoms with Gasteiger partial charge in [0.15, 0.2) is 0 Å². The van der Waals surface area contributed by atoms with Gasteiger partial charge < -0.3 is 9.84 Å². The Morgan fingerprint density at radius 2 is 2.00 bits per heavy atom. The van der Waals surface area contributed by atoms with Crippen LogP contribution in [0.25, 0.3) is 0 Å². The molecule has 108 valence electrons. The molecule has 1 N–H and O–H groups in total. The van der Waals surface area contributed by atoms with Crippen molar-refractivity contribution in [3.05, 3.63) is 59.5 Å². The number of nitrogens with zero attached hydrogens (tertiary/aromatic N) is 4. The second-order valence-electron chi connectivity index (χ2n) is 4.95. The van der Waals surface area contributed by atoms with Crippen molar-refractivity contribution in [1.29, 1.82) is 0 Å². The first-order valence-corrected chi connectivity index (χ1v) is 6.79. The van der Waals surface area contributed by atoms with Crippen LogP contribution in [0.2, 0.25) is 0 Å². The third-order valence-electron chi connectivity index (χ3n) is 3.42. The van der Waals surface area contributed by atoms with E-state index in [1.165, 1.54) is 5.56 Å². The molecular formula is C15H17N5O. The topological polar surface area (TPSA) is 68.8 Å². The third kappa shape index (κ3) is 3.10. The molecule has 6 heteroatoms. The smallest absolute Gasteiger partial charge is 0.138 e. The van der Waals surface area contributed by atoms with Gasteiger partial charge in [-0.2, -0.15) is 5.10 Å². The maximum absolute atomic E-state index is 5.16. The number of aromatic nitrogens is 4. The van der Waals surface area contributed by atoms with Gasteiger partial charge in [-0.05, 0) is 31.5 Å². The Morgan fingerprint density at radius 1 is 1.19 bits per heavy atom. The zero-order chi connectivity index (χ0) is 14.7. The molecule has 0 radical (unpaired) electrons. The Hall–Kier alpha value is -2.63. The lowest BCUT2D eigenvalue weighted by Crippen LogP contribution is -2.02. The van der Waals surface area contributed by atoms with E-state index < -0.39 is 0 Å². The van der Waals surface area contributed by atoms with Crippen molar-refractivity contribution in [2.75, 3.05) is 5.32 Å². The van der Waals surface area contributed by atoms with Gasteiger partial charge in [0.05, 0.1) is 12.2 Å². The number of aryl methyl sites for hydroxylation is 2. The third-order valence-corrected chi connectivity index (χ3v) is 3.42. The molecule has 1 aromatic carbocycles. The molecule has 6 nitrogen and oxygen atoms in total. The van der Waals surface area contributed by atoms with E-state index in [0.29, 0.717) is 6.54 Å². The molecule has 0 aliphatic carbocycles. The quantitative estimate of drug-likeness (QED) is 0.779. The maximum Gasteiger partial charge on any atom is 0.138 e. The second kappa shape index (κ2) is 5.78. The van der Waals surface area contributed by atoms with Crippen LogP contribution < -0.4 is 5.32 Å². The summed E-state index contributed by atoms with van der Waals surface area (Å²) < 4.78 is 6.95. The summed E-state index contributed by atoms with van der Waals surface area (Å²) in [6, 6.07) is 8.28. The van der Waals surface area contributed by atoms with E-state index in [2.05, 4.69) is 44.8 Å². The van der Waals surface area contributed by atoms with Crippen molar-refractivity contribution in [3.8, 4) is 0 Å². The van der Waals surface area contributed by atoms with Crippen LogP contribution in [-0.2, 0) is 13.1 Å². The Morgan fingerprint density at radius 3 is 2.62 bits per heavy atom. The van der Waals surface area contributed by atoms with Crippen LogP contribution >= 0.6 is 0 Å². The average molecular weight is 283 g/mol. The molecule has 0 unspecified atom stereocenters. The molecule has 2 heterocycles. The molecule has 0 saturated carbocycles. The molecule has 21 heavy (non-hydrogen) atoms. The van der Waals surface area contributed by atoms with Gasteiger partial charge in [-0.1, -0.05) is 17.3 Å². The Kier molecular flexibility index (Phi) is 3.68. The lowest BCUT2D eigenvalue weighted by molar-refractivity contribution is 0.392. The summed E-state index contributed by atoms with van der Waals surface area (Å²) in [6.07, 6.45) is 3.25. The molecular weight excluding hydrogens is 266 g/mol. The van der Waals surface area contributed by atoms with Gasteiger partial charge >= 0.3 is 0 Å². The van der Waals surface area contributed by atoms with Gasteiger partial charge in [-0.3, -0.25) is 0 Å². The lowest BCUT2D eigenvalue weighted by Gasteiger charge is -2.07. The molecule has 0 amide bonds. The largest absolute Gasteiger partial charge is 0.381 e. The molecule has 0 spiro atoms. The maximum atomic E-state index is 5.16. The van der Waals surface area contributed by atoms with Gasteiger partial charge in [-0.25, -0.2) is 9.67 Å². The van der Waals surface area contributed by atoms with Crippen molar-refractivity contribution in [2.45, 2.75) is 26.9 Å². The molecule has 3 aromatic rings. The molecule has 3 rings (SSSR count). The summed E-state index contributed by atoms with van der Waals surface area (Å²) in [5, 5.41) is 11.4. The molecule has 0 aliphatic heterocycles.